The van der Waals surface area contributed by atoms with Crippen LogP contribution in [0.3, 0.4) is 0 Å². The predicted octanol–water partition coefficient (Wildman–Crippen LogP) is 2.38. The zero-order chi connectivity index (χ0) is 12.0. The van der Waals surface area contributed by atoms with E-state index in [1.165, 1.54) is 5.75 Å². The van der Waals surface area contributed by atoms with Gasteiger partial charge in [-0.15, -0.1) is 0 Å². The molecule has 0 radical (unpaired) electrons. The van der Waals surface area contributed by atoms with Gasteiger partial charge in [-0.2, -0.15) is 0 Å². The van der Waals surface area contributed by atoms with E-state index in [-0.39, 0.29) is 5.41 Å². The van der Waals surface area contributed by atoms with Crippen LogP contribution >= 0.6 is 11.8 Å². The van der Waals surface area contributed by atoms with Gasteiger partial charge in [-0.1, -0.05) is 32.5 Å². The summed E-state index contributed by atoms with van der Waals surface area (Å²) >= 11 is 1.84. The van der Waals surface area contributed by atoms with E-state index < -0.39 is 0 Å². The van der Waals surface area contributed by atoms with Gasteiger partial charge in [0, 0.05) is 32.6 Å². The Morgan fingerprint density at radius 1 is 1.56 bits per heavy atom. The molecule has 0 aromatic rings. The molecular weight excluding hydrogens is 220 g/mol. The third-order valence-corrected chi connectivity index (χ3v) is 4.03. The minimum absolute atomic E-state index is 0.266. The number of amidine groups is 1. The summed E-state index contributed by atoms with van der Waals surface area (Å²) in [4.78, 5) is 4.53. The van der Waals surface area contributed by atoms with Crippen LogP contribution in [0.25, 0.3) is 0 Å². The standard InChI is InChI=1S/C12H24N2OS/c1-10-7-13-11(16-8-10)14-9-12(2,3)5-6-15-4/h10H,5-9H2,1-4H3,(H,13,14). The van der Waals surface area contributed by atoms with Crippen LogP contribution in [-0.2, 0) is 4.74 Å². The molecule has 1 aliphatic rings. The summed E-state index contributed by atoms with van der Waals surface area (Å²) in [6, 6.07) is 0. The Kier molecular flexibility index (Phi) is 5.62. The molecule has 3 nitrogen and oxygen atoms in total. The van der Waals surface area contributed by atoms with Gasteiger partial charge in [-0.05, 0) is 17.8 Å². The van der Waals surface area contributed by atoms with E-state index in [0.29, 0.717) is 0 Å². The molecule has 4 heteroatoms. The van der Waals surface area contributed by atoms with Crippen LogP contribution in [0.15, 0.2) is 4.99 Å². The number of hydrogen-bond donors (Lipinski definition) is 1. The van der Waals surface area contributed by atoms with E-state index in [4.69, 9.17) is 4.74 Å². The maximum atomic E-state index is 5.12. The summed E-state index contributed by atoms with van der Waals surface area (Å²) in [7, 11) is 1.76. The summed E-state index contributed by atoms with van der Waals surface area (Å²) in [6.45, 7) is 9.52. The molecule has 1 atom stereocenters. The van der Waals surface area contributed by atoms with Gasteiger partial charge in [0.1, 0.15) is 0 Å². The molecule has 1 heterocycles. The lowest BCUT2D eigenvalue weighted by Gasteiger charge is -2.26. The van der Waals surface area contributed by atoms with Crippen LogP contribution in [-0.4, -0.2) is 37.7 Å². The van der Waals surface area contributed by atoms with Crippen molar-refractivity contribution < 1.29 is 4.74 Å². The molecule has 0 aliphatic carbocycles. The predicted molar refractivity (Wildman–Crippen MR) is 72.2 cm³/mol. The number of ether oxygens (including phenoxy) is 1. The lowest BCUT2D eigenvalue weighted by Crippen LogP contribution is -2.35. The van der Waals surface area contributed by atoms with Gasteiger partial charge in [-0.3, -0.25) is 4.99 Å². The summed E-state index contributed by atoms with van der Waals surface area (Å²) < 4.78 is 5.12. The van der Waals surface area contributed by atoms with Crippen molar-refractivity contribution in [1.82, 2.24) is 5.32 Å². The van der Waals surface area contributed by atoms with Crippen molar-refractivity contribution in [2.45, 2.75) is 27.2 Å². The Hall–Kier alpha value is -0.220. The Morgan fingerprint density at radius 3 is 2.88 bits per heavy atom. The van der Waals surface area contributed by atoms with Gasteiger partial charge in [-0.25, -0.2) is 0 Å². The molecular formula is C12H24N2OS. The fourth-order valence-corrected chi connectivity index (χ4v) is 2.33. The summed E-state index contributed by atoms with van der Waals surface area (Å²) in [5, 5.41) is 4.56. The zero-order valence-corrected chi connectivity index (χ0v) is 11.7. The Labute approximate surface area is 103 Å². The highest BCUT2D eigenvalue weighted by Crippen LogP contribution is 2.21. The van der Waals surface area contributed by atoms with E-state index in [1.54, 1.807) is 7.11 Å². The van der Waals surface area contributed by atoms with Crippen molar-refractivity contribution in [2.75, 3.05) is 32.6 Å². The second kappa shape index (κ2) is 6.50. The fraction of sp³-hybridized carbons (Fsp3) is 0.917. The third-order valence-electron chi connectivity index (χ3n) is 2.75. The van der Waals surface area contributed by atoms with Gasteiger partial charge in [0.15, 0.2) is 5.17 Å². The highest BCUT2D eigenvalue weighted by Gasteiger charge is 2.19. The van der Waals surface area contributed by atoms with Crippen LogP contribution < -0.4 is 5.32 Å². The first-order valence-corrected chi connectivity index (χ1v) is 6.92. The highest BCUT2D eigenvalue weighted by molar-refractivity contribution is 8.13. The molecule has 1 unspecified atom stereocenters. The van der Waals surface area contributed by atoms with Gasteiger partial charge in [0.25, 0.3) is 0 Å². The zero-order valence-electron chi connectivity index (χ0n) is 10.9. The molecule has 1 aliphatic heterocycles. The number of nitrogens with one attached hydrogen (secondary N) is 1. The van der Waals surface area contributed by atoms with Crippen LogP contribution in [0.2, 0.25) is 0 Å². The van der Waals surface area contributed by atoms with Crippen LogP contribution in [0.4, 0.5) is 0 Å². The van der Waals surface area contributed by atoms with E-state index in [1.807, 2.05) is 11.8 Å². The van der Waals surface area contributed by atoms with Gasteiger partial charge in [0.05, 0.1) is 0 Å². The molecule has 0 amide bonds. The molecule has 94 valence electrons. The first-order chi connectivity index (χ1) is 7.53. The van der Waals surface area contributed by atoms with E-state index in [2.05, 4.69) is 31.1 Å². The Balaban J connectivity index is 2.28. The van der Waals surface area contributed by atoms with E-state index in [9.17, 15) is 0 Å². The highest BCUT2D eigenvalue weighted by atomic mass is 32.2. The smallest absolute Gasteiger partial charge is 0.156 e. The minimum Gasteiger partial charge on any atom is -0.385 e. The van der Waals surface area contributed by atoms with E-state index in [0.717, 1.165) is 37.2 Å². The van der Waals surface area contributed by atoms with Crippen LogP contribution in [0.1, 0.15) is 27.2 Å². The maximum Gasteiger partial charge on any atom is 0.156 e. The number of nitrogens with zero attached hydrogens (tertiary/aromatic N) is 1. The summed E-state index contributed by atoms with van der Waals surface area (Å²) in [5.74, 6) is 1.90. The van der Waals surface area contributed by atoms with Gasteiger partial charge in [0.2, 0.25) is 0 Å². The van der Waals surface area contributed by atoms with Gasteiger partial charge < -0.3 is 10.1 Å². The molecule has 0 saturated carbocycles. The number of rotatable bonds is 5. The van der Waals surface area contributed by atoms with Crippen LogP contribution in [0.5, 0.6) is 0 Å². The molecule has 0 spiro atoms. The minimum atomic E-state index is 0.266. The molecule has 1 rings (SSSR count). The van der Waals surface area contributed by atoms with E-state index >= 15 is 0 Å². The molecule has 0 saturated heterocycles. The Bertz CT molecular complexity index is 241. The number of methoxy groups -OCH3 is 1. The second-order valence-electron chi connectivity index (χ2n) is 5.32. The fourth-order valence-electron chi connectivity index (χ4n) is 1.45. The topological polar surface area (TPSA) is 33.6 Å². The van der Waals surface area contributed by atoms with Gasteiger partial charge >= 0.3 is 0 Å². The van der Waals surface area contributed by atoms with Crippen molar-refractivity contribution in [3.63, 3.8) is 0 Å². The van der Waals surface area contributed by atoms with Crippen molar-refractivity contribution in [3.8, 4) is 0 Å². The summed E-state index contributed by atoms with van der Waals surface area (Å²) in [5.41, 5.74) is 0.266. The molecule has 1 N–H and O–H groups in total. The SMILES string of the molecule is COCCC(C)(C)CNC1=NCC(C)CS1. The number of hydrogen-bond acceptors (Lipinski definition) is 4. The molecule has 0 bridgehead atoms. The molecule has 0 aromatic heterocycles. The molecule has 0 fully saturated rings. The normalized spacial score (nSPS) is 21.8. The largest absolute Gasteiger partial charge is 0.385 e. The first kappa shape index (κ1) is 13.8. The summed E-state index contributed by atoms with van der Waals surface area (Å²) in [6.07, 6.45) is 1.07. The van der Waals surface area contributed by atoms with Crippen LogP contribution in [0, 0.1) is 11.3 Å². The average molecular weight is 244 g/mol. The average Bonchev–Trinajstić information content (AvgIpc) is 2.26. The molecule has 16 heavy (non-hydrogen) atoms. The Morgan fingerprint density at radius 2 is 2.31 bits per heavy atom. The number of thioether (sulfide) groups is 1. The lowest BCUT2D eigenvalue weighted by atomic mass is 9.90. The van der Waals surface area contributed by atoms with Crippen molar-refractivity contribution >= 4 is 16.9 Å². The number of aliphatic imine (C=N–C) groups is 1. The van der Waals surface area contributed by atoms with Crippen molar-refractivity contribution in [2.24, 2.45) is 16.3 Å². The monoisotopic (exact) mass is 244 g/mol. The quantitative estimate of drug-likeness (QED) is 0.806. The lowest BCUT2D eigenvalue weighted by molar-refractivity contribution is 0.153. The first-order valence-electron chi connectivity index (χ1n) is 5.93. The molecule has 0 aromatic carbocycles. The second-order valence-corrected chi connectivity index (χ2v) is 6.33. The third kappa shape index (κ3) is 5.21. The maximum absolute atomic E-state index is 5.12. The van der Waals surface area contributed by atoms with Crippen molar-refractivity contribution in [1.29, 1.82) is 0 Å². The van der Waals surface area contributed by atoms with Crippen molar-refractivity contribution in [3.05, 3.63) is 0 Å².